The van der Waals surface area contributed by atoms with E-state index in [1.165, 1.54) is 11.1 Å². The van der Waals surface area contributed by atoms with Gasteiger partial charge in [-0.15, -0.1) is 0 Å². The van der Waals surface area contributed by atoms with Crippen LogP contribution in [0.5, 0.6) is 0 Å². The van der Waals surface area contributed by atoms with Crippen LogP contribution in [0.2, 0.25) is 0 Å². The fourth-order valence-electron chi connectivity index (χ4n) is 4.53. The lowest BCUT2D eigenvalue weighted by atomic mass is 9.76. The topological polar surface area (TPSA) is 49.9 Å². The lowest BCUT2D eigenvalue weighted by Crippen LogP contribution is -2.44. The Balaban J connectivity index is 1.59. The summed E-state index contributed by atoms with van der Waals surface area (Å²) < 4.78 is 6.17. The fourth-order valence-corrected chi connectivity index (χ4v) is 4.53. The molecule has 2 unspecified atom stereocenters. The normalized spacial score (nSPS) is 31.6. The highest BCUT2D eigenvalue weighted by atomic mass is 16.5. The van der Waals surface area contributed by atoms with Crippen molar-refractivity contribution in [1.29, 1.82) is 0 Å². The number of hydrogen-bond donors (Lipinski definition) is 0. The summed E-state index contributed by atoms with van der Waals surface area (Å²) in [5.74, 6) is -0.749. The molecule has 2 saturated heterocycles. The molecule has 4 rings (SSSR count). The van der Waals surface area contributed by atoms with Gasteiger partial charge in [0.05, 0.1) is 24.5 Å². The number of amides is 2. The van der Waals surface area contributed by atoms with Gasteiger partial charge in [-0.05, 0) is 37.5 Å². The van der Waals surface area contributed by atoms with Crippen LogP contribution in [0.25, 0.3) is 0 Å². The smallest absolute Gasteiger partial charge is 0.230 e. The van der Waals surface area contributed by atoms with Crippen molar-refractivity contribution in [3.8, 4) is 0 Å². The summed E-state index contributed by atoms with van der Waals surface area (Å²) in [6, 6.07) is 6.30. The van der Waals surface area contributed by atoms with Crippen LogP contribution < -0.4 is 0 Å². The molecule has 2 bridgehead atoms. The van der Waals surface area contributed by atoms with Gasteiger partial charge in [-0.25, -0.2) is 0 Å². The van der Waals surface area contributed by atoms with Crippen molar-refractivity contribution in [3.63, 3.8) is 0 Å². The third kappa shape index (κ3) is 2.41. The second-order valence-electron chi connectivity index (χ2n) is 7.87. The van der Waals surface area contributed by atoms with Crippen LogP contribution in [0, 0.1) is 25.7 Å². The minimum atomic E-state index is -0.629. The van der Waals surface area contributed by atoms with Crippen molar-refractivity contribution in [2.24, 2.45) is 11.8 Å². The maximum absolute atomic E-state index is 13.2. The zero-order valence-electron chi connectivity index (χ0n) is 15.9. The van der Waals surface area contributed by atoms with Crippen molar-refractivity contribution >= 4 is 11.8 Å². The van der Waals surface area contributed by atoms with Crippen molar-refractivity contribution in [2.45, 2.75) is 39.0 Å². The Hall–Kier alpha value is -2.14. The lowest BCUT2D eigenvalue weighted by Gasteiger charge is -2.27. The molecule has 1 aromatic rings. The summed E-state index contributed by atoms with van der Waals surface area (Å²) in [5, 5.41) is 0. The van der Waals surface area contributed by atoms with Gasteiger partial charge in [0.2, 0.25) is 11.8 Å². The van der Waals surface area contributed by atoms with Gasteiger partial charge >= 0.3 is 0 Å². The SMILES string of the molecule is CCN(C)C(=O)C1C2C(=O)N(Cc3ccc(C)c(C)c3)C[C@]23C=C[C@H]1O3. The number of hydrogen-bond acceptors (Lipinski definition) is 3. The third-order valence-corrected chi connectivity index (χ3v) is 6.26. The summed E-state index contributed by atoms with van der Waals surface area (Å²) in [6.45, 7) is 7.83. The Morgan fingerprint density at radius 3 is 2.81 bits per heavy atom. The Kier molecular flexibility index (Phi) is 3.95. The molecule has 3 aliphatic heterocycles. The first kappa shape index (κ1) is 17.3. The molecule has 5 heteroatoms. The highest BCUT2D eigenvalue weighted by Gasteiger charge is 2.66. The van der Waals surface area contributed by atoms with E-state index in [2.05, 4.69) is 32.0 Å². The molecular weight excluding hydrogens is 328 g/mol. The van der Waals surface area contributed by atoms with Gasteiger partial charge in [0.15, 0.2) is 0 Å². The second-order valence-corrected chi connectivity index (χ2v) is 7.87. The molecule has 2 amide bonds. The Morgan fingerprint density at radius 2 is 2.12 bits per heavy atom. The van der Waals surface area contributed by atoms with E-state index in [-0.39, 0.29) is 17.9 Å². The summed E-state index contributed by atoms with van der Waals surface area (Å²) in [5.41, 5.74) is 2.96. The molecule has 3 aliphatic rings. The van der Waals surface area contributed by atoms with E-state index in [9.17, 15) is 9.59 Å². The molecule has 26 heavy (non-hydrogen) atoms. The van der Waals surface area contributed by atoms with E-state index < -0.39 is 17.4 Å². The van der Waals surface area contributed by atoms with Gasteiger partial charge in [-0.2, -0.15) is 0 Å². The number of benzene rings is 1. The maximum Gasteiger partial charge on any atom is 0.230 e. The zero-order valence-corrected chi connectivity index (χ0v) is 15.9. The molecular formula is C21H26N2O3. The standard InChI is InChI=1S/C21H26N2O3/c1-5-22(4)19(24)17-16-8-9-21(26-16)12-23(20(25)18(17)21)11-15-7-6-13(2)14(3)10-15/h6-10,16-18H,5,11-12H2,1-4H3/t16-,17?,18?,21-/m1/s1. The molecule has 138 valence electrons. The quantitative estimate of drug-likeness (QED) is 0.778. The number of carbonyl (C=O) groups excluding carboxylic acids is 2. The third-order valence-electron chi connectivity index (χ3n) is 6.26. The summed E-state index contributed by atoms with van der Waals surface area (Å²) in [6.07, 6.45) is 3.71. The minimum absolute atomic E-state index is 0.00936. The van der Waals surface area contributed by atoms with Crippen LogP contribution in [0.1, 0.15) is 23.6 Å². The van der Waals surface area contributed by atoms with Gasteiger partial charge in [0.25, 0.3) is 0 Å². The van der Waals surface area contributed by atoms with Gasteiger partial charge in [-0.3, -0.25) is 9.59 Å². The Morgan fingerprint density at radius 1 is 1.35 bits per heavy atom. The van der Waals surface area contributed by atoms with Crippen molar-refractivity contribution in [2.75, 3.05) is 20.1 Å². The molecule has 0 saturated carbocycles. The number of ether oxygens (including phenoxy) is 1. The van der Waals surface area contributed by atoms with Crippen molar-refractivity contribution in [1.82, 2.24) is 9.80 Å². The maximum atomic E-state index is 13.2. The first-order valence-electron chi connectivity index (χ1n) is 9.33. The number of rotatable bonds is 4. The van der Waals surface area contributed by atoms with Crippen molar-refractivity contribution < 1.29 is 14.3 Å². The monoisotopic (exact) mass is 354 g/mol. The van der Waals surface area contributed by atoms with Gasteiger partial charge in [0.1, 0.15) is 5.60 Å². The number of nitrogens with zero attached hydrogens (tertiary/aromatic N) is 2. The first-order chi connectivity index (χ1) is 12.4. The second kappa shape index (κ2) is 5.95. The van der Waals surface area contributed by atoms with Crippen LogP contribution in [0.4, 0.5) is 0 Å². The van der Waals surface area contributed by atoms with E-state index in [0.29, 0.717) is 19.6 Å². The zero-order chi connectivity index (χ0) is 18.6. The van der Waals surface area contributed by atoms with Crippen LogP contribution in [-0.2, 0) is 20.9 Å². The fraction of sp³-hybridized carbons (Fsp3) is 0.524. The molecule has 1 aromatic carbocycles. The predicted molar refractivity (Wildman–Crippen MR) is 98.4 cm³/mol. The average Bonchev–Trinajstić information content (AvgIpc) is 3.25. The lowest BCUT2D eigenvalue weighted by molar-refractivity contribution is -0.142. The van der Waals surface area contributed by atoms with E-state index >= 15 is 0 Å². The molecule has 4 atom stereocenters. The molecule has 5 nitrogen and oxygen atoms in total. The summed E-state index contributed by atoms with van der Waals surface area (Å²) in [4.78, 5) is 29.6. The van der Waals surface area contributed by atoms with Crippen LogP contribution in [-0.4, -0.2) is 53.5 Å². The van der Waals surface area contributed by atoms with Gasteiger partial charge in [0, 0.05) is 20.1 Å². The molecule has 2 fully saturated rings. The molecule has 0 radical (unpaired) electrons. The molecule has 1 spiro atoms. The van der Waals surface area contributed by atoms with E-state index in [1.807, 2.05) is 24.0 Å². The minimum Gasteiger partial charge on any atom is -0.360 e. The van der Waals surface area contributed by atoms with E-state index in [4.69, 9.17) is 4.74 Å². The number of carbonyl (C=O) groups is 2. The van der Waals surface area contributed by atoms with E-state index in [0.717, 1.165) is 5.56 Å². The number of likely N-dealkylation sites (tertiary alicyclic amines) is 1. The van der Waals surface area contributed by atoms with Crippen LogP contribution in [0.3, 0.4) is 0 Å². The highest BCUT2D eigenvalue weighted by Crippen LogP contribution is 2.52. The summed E-state index contributed by atoms with van der Waals surface area (Å²) >= 11 is 0. The van der Waals surface area contributed by atoms with Gasteiger partial charge < -0.3 is 14.5 Å². The van der Waals surface area contributed by atoms with Gasteiger partial charge in [-0.1, -0.05) is 30.4 Å². The predicted octanol–water partition coefficient (Wildman–Crippen LogP) is 2.06. The van der Waals surface area contributed by atoms with E-state index in [1.54, 1.807) is 11.9 Å². The molecule has 0 aliphatic carbocycles. The Labute approximate surface area is 154 Å². The first-order valence-corrected chi connectivity index (χ1v) is 9.33. The van der Waals surface area contributed by atoms with Crippen molar-refractivity contribution in [3.05, 3.63) is 47.0 Å². The highest BCUT2D eigenvalue weighted by molar-refractivity contribution is 5.93. The van der Waals surface area contributed by atoms with Crippen LogP contribution >= 0.6 is 0 Å². The number of fused-ring (bicyclic) bond motifs is 1. The Bertz CT molecular complexity index is 802. The number of aryl methyl sites for hydroxylation is 2. The largest absolute Gasteiger partial charge is 0.360 e. The molecule has 0 N–H and O–H groups in total. The van der Waals surface area contributed by atoms with Crippen LogP contribution in [0.15, 0.2) is 30.4 Å². The summed E-state index contributed by atoms with van der Waals surface area (Å²) in [7, 11) is 1.79. The average molecular weight is 354 g/mol. The molecule has 3 heterocycles. The molecule has 0 aromatic heterocycles.